The molecule has 3 N–H and O–H groups in total. The van der Waals surface area contributed by atoms with Crippen molar-refractivity contribution in [3.63, 3.8) is 0 Å². The van der Waals surface area contributed by atoms with Crippen LogP contribution in [0.4, 0.5) is 17.2 Å². The number of nitrogens with zero attached hydrogens (tertiary/aromatic N) is 3. The number of carbonyl (C=O) groups is 1. The van der Waals surface area contributed by atoms with Gasteiger partial charge in [-0.05, 0) is 42.5 Å². The average molecular weight is 375 g/mol. The fraction of sp³-hybridized carbons (Fsp3) is 0. The van der Waals surface area contributed by atoms with Crippen molar-refractivity contribution >= 4 is 23.1 Å². The third kappa shape index (κ3) is 4.20. The predicted octanol–water partition coefficient (Wildman–Crippen LogP) is 3.50. The molecule has 1 amide bonds. The maximum absolute atomic E-state index is 11.6. The molecule has 0 aliphatic carbocycles. The zero-order valence-corrected chi connectivity index (χ0v) is 14.3. The van der Waals surface area contributed by atoms with E-state index < -0.39 is 10.8 Å². The van der Waals surface area contributed by atoms with Crippen LogP contribution < -0.4 is 15.8 Å². The topological polar surface area (TPSA) is 144 Å². The van der Waals surface area contributed by atoms with E-state index in [1.165, 1.54) is 0 Å². The van der Waals surface area contributed by atoms with Crippen molar-refractivity contribution in [2.75, 3.05) is 5.32 Å². The van der Waals surface area contributed by atoms with Crippen LogP contribution >= 0.6 is 0 Å². The first kappa shape index (κ1) is 18.3. The van der Waals surface area contributed by atoms with E-state index in [2.05, 4.69) is 10.3 Å². The molecule has 28 heavy (non-hydrogen) atoms. The number of hydrogen-bond donors (Lipinski definition) is 2. The molecule has 0 fully saturated rings. The molecule has 9 heteroatoms. The largest absolute Gasteiger partial charge is 0.457 e. The summed E-state index contributed by atoms with van der Waals surface area (Å²) in [4.78, 5) is 25.7. The molecule has 0 spiro atoms. The van der Waals surface area contributed by atoms with Crippen molar-refractivity contribution in [2.24, 2.45) is 5.73 Å². The number of anilines is 2. The molecule has 1 aromatic heterocycles. The van der Waals surface area contributed by atoms with Crippen LogP contribution in [0.25, 0.3) is 0 Å². The van der Waals surface area contributed by atoms with E-state index in [0.717, 1.165) is 12.3 Å². The summed E-state index contributed by atoms with van der Waals surface area (Å²) >= 11 is 0. The van der Waals surface area contributed by atoms with Crippen LogP contribution in [0.3, 0.4) is 0 Å². The molecule has 0 saturated carbocycles. The summed E-state index contributed by atoms with van der Waals surface area (Å²) in [5, 5.41) is 22.7. The molecule has 0 radical (unpaired) electrons. The first-order valence-electron chi connectivity index (χ1n) is 7.95. The van der Waals surface area contributed by atoms with E-state index in [1.54, 1.807) is 48.5 Å². The Kier molecular flexibility index (Phi) is 5.14. The number of rotatable bonds is 6. The second kappa shape index (κ2) is 7.84. The van der Waals surface area contributed by atoms with Gasteiger partial charge in [0.15, 0.2) is 0 Å². The highest BCUT2D eigenvalue weighted by molar-refractivity contribution is 5.98. The Labute approximate surface area is 159 Å². The SMILES string of the molecule is N#Cc1cccc(Oc2ccc(Nc3ncc([N+](=O)[O-])cc3C(N)=O)cc2)c1. The molecule has 3 rings (SSSR count). The Balaban J connectivity index is 1.78. The number of benzene rings is 2. The normalized spacial score (nSPS) is 9.96. The Bertz CT molecular complexity index is 1090. The van der Waals surface area contributed by atoms with Crippen molar-refractivity contribution < 1.29 is 14.5 Å². The van der Waals surface area contributed by atoms with Crippen LogP contribution in [0, 0.1) is 21.4 Å². The summed E-state index contributed by atoms with van der Waals surface area (Å²) in [6.45, 7) is 0. The number of nitrogens with one attached hydrogen (secondary N) is 1. The Morgan fingerprint density at radius 2 is 1.93 bits per heavy atom. The van der Waals surface area contributed by atoms with Crippen molar-refractivity contribution in [3.8, 4) is 17.6 Å². The molecule has 0 atom stereocenters. The number of hydrogen-bond acceptors (Lipinski definition) is 7. The van der Waals surface area contributed by atoms with Crippen molar-refractivity contribution in [3.05, 3.63) is 82.0 Å². The fourth-order valence-electron chi connectivity index (χ4n) is 2.35. The number of pyridine rings is 1. The summed E-state index contributed by atoms with van der Waals surface area (Å²) in [5.74, 6) is 0.324. The molecular formula is C19H13N5O4. The van der Waals surface area contributed by atoms with E-state index >= 15 is 0 Å². The number of nitro groups is 1. The third-order valence-corrected chi connectivity index (χ3v) is 3.67. The summed E-state index contributed by atoms with van der Waals surface area (Å²) in [6, 6.07) is 16.6. The lowest BCUT2D eigenvalue weighted by atomic mass is 10.2. The van der Waals surface area contributed by atoms with Crippen LogP contribution in [-0.2, 0) is 0 Å². The van der Waals surface area contributed by atoms with Gasteiger partial charge < -0.3 is 15.8 Å². The van der Waals surface area contributed by atoms with Crippen molar-refractivity contribution in [1.29, 1.82) is 5.26 Å². The number of amides is 1. The predicted molar refractivity (Wildman–Crippen MR) is 100 cm³/mol. The minimum Gasteiger partial charge on any atom is -0.457 e. The van der Waals surface area contributed by atoms with Gasteiger partial charge in [0.05, 0.1) is 22.1 Å². The van der Waals surface area contributed by atoms with Gasteiger partial charge in [-0.3, -0.25) is 14.9 Å². The molecule has 1 heterocycles. The van der Waals surface area contributed by atoms with Crippen LogP contribution in [0.5, 0.6) is 11.5 Å². The molecule has 9 nitrogen and oxygen atoms in total. The second-order valence-corrected chi connectivity index (χ2v) is 5.60. The summed E-state index contributed by atoms with van der Waals surface area (Å²) in [6.07, 6.45) is 1.04. The molecule has 0 unspecified atom stereocenters. The standard InChI is InChI=1S/C19H13N5O4/c20-10-12-2-1-3-16(8-12)28-15-6-4-13(5-7-15)23-19-17(18(21)25)9-14(11-22-19)24(26)27/h1-9,11H,(H2,21,25)(H,22,23). The van der Waals surface area contributed by atoms with Crippen LogP contribution in [0.1, 0.15) is 15.9 Å². The van der Waals surface area contributed by atoms with E-state index in [9.17, 15) is 14.9 Å². The van der Waals surface area contributed by atoms with Gasteiger partial charge in [0.1, 0.15) is 23.5 Å². The molecule has 0 bridgehead atoms. The summed E-state index contributed by atoms with van der Waals surface area (Å²) < 4.78 is 5.69. The van der Waals surface area contributed by atoms with E-state index in [0.29, 0.717) is 22.7 Å². The minimum absolute atomic E-state index is 0.0946. The number of ether oxygens (including phenoxy) is 1. The van der Waals surface area contributed by atoms with Crippen LogP contribution in [0.2, 0.25) is 0 Å². The lowest BCUT2D eigenvalue weighted by Gasteiger charge is -2.10. The fourth-order valence-corrected chi connectivity index (χ4v) is 2.35. The number of nitriles is 1. The highest BCUT2D eigenvalue weighted by Crippen LogP contribution is 2.26. The van der Waals surface area contributed by atoms with Crippen LogP contribution in [-0.4, -0.2) is 15.8 Å². The number of nitrogens with two attached hydrogens (primary N) is 1. The van der Waals surface area contributed by atoms with Gasteiger partial charge >= 0.3 is 0 Å². The summed E-state index contributed by atoms with van der Waals surface area (Å²) in [5.41, 5.74) is 5.92. The molecule has 0 saturated heterocycles. The monoisotopic (exact) mass is 375 g/mol. The highest BCUT2D eigenvalue weighted by atomic mass is 16.6. The third-order valence-electron chi connectivity index (χ3n) is 3.67. The molecule has 138 valence electrons. The van der Waals surface area contributed by atoms with Gasteiger partial charge in [0.25, 0.3) is 11.6 Å². The Morgan fingerprint density at radius 3 is 2.57 bits per heavy atom. The smallest absolute Gasteiger partial charge is 0.288 e. The zero-order valence-electron chi connectivity index (χ0n) is 14.3. The molecular weight excluding hydrogens is 362 g/mol. The molecule has 3 aromatic rings. The van der Waals surface area contributed by atoms with Gasteiger partial charge in [0.2, 0.25) is 0 Å². The molecule has 0 aliphatic rings. The lowest BCUT2D eigenvalue weighted by molar-refractivity contribution is -0.385. The Morgan fingerprint density at radius 1 is 1.18 bits per heavy atom. The first-order chi connectivity index (χ1) is 13.5. The van der Waals surface area contributed by atoms with E-state index in [-0.39, 0.29) is 17.1 Å². The summed E-state index contributed by atoms with van der Waals surface area (Å²) in [7, 11) is 0. The van der Waals surface area contributed by atoms with Gasteiger partial charge in [-0.2, -0.15) is 5.26 Å². The van der Waals surface area contributed by atoms with Crippen LogP contribution in [0.15, 0.2) is 60.8 Å². The van der Waals surface area contributed by atoms with Gasteiger partial charge in [0, 0.05) is 11.8 Å². The highest BCUT2D eigenvalue weighted by Gasteiger charge is 2.16. The maximum atomic E-state index is 11.6. The maximum Gasteiger partial charge on any atom is 0.288 e. The van der Waals surface area contributed by atoms with Gasteiger partial charge in [-0.25, -0.2) is 4.98 Å². The van der Waals surface area contributed by atoms with E-state index in [1.807, 2.05) is 6.07 Å². The van der Waals surface area contributed by atoms with Crippen molar-refractivity contribution in [1.82, 2.24) is 4.98 Å². The molecule has 0 aliphatic heterocycles. The number of aromatic nitrogens is 1. The quantitative estimate of drug-likeness (QED) is 0.495. The second-order valence-electron chi connectivity index (χ2n) is 5.60. The number of carbonyl (C=O) groups excluding carboxylic acids is 1. The van der Waals surface area contributed by atoms with Gasteiger partial charge in [-0.1, -0.05) is 6.07 Å². The molecule has 2 aromatic carbocycles. The Hall–Kier alpha value is -4.45. The average Bonchev–Trinajstić information content (AvgIpc) is 2.69. The number of primary amides is 1. The van der Waals surface area contributed by atoms with Crippen molar-refractivity contribution in [2.45, 2.75) is 0 Å². The minimum atomic E-state index is -0.837. The van der Waals surface area contributed by atoms with Gasteiger partial charge in [-0.15, -0.1) is 0 Å². The zero-order chi connectivity index (χ0) is 20.1. The van der Waals surface area contributed by atoms with E-state index in [4.69, 9.17) is 15.7 Å². The first-order valence-corrected chi connectivity index (χ1v) is 7.95. The lowest BCUT2D eigenvalue weighted by Crippen LogP contribution is -2.14.